The number of alkyl halides is 1. The van der Waals surface area contributed by atoms with E-state index in [9.17, 15) is 5.11 Å². The second kappa shape index (κ2) is 4.31. The molecule has 62 valence electrons. The van der Waals surface area contributed by atoms with Crippen LogP contribution in [0.25, 0.3) is 0 Å². The van der Waals surface area contributed by atoms with Gasteiger partial charge in [0.2, 0.25) is 0 Å². The number of aliphatic hydroxyl groups is 1. The summed E-state index contributed by atoms with van der Waals surface area (Å²) in [6, 6.07) is 0. The molecule has 10 heavy (non-hydrogen) atoms. The lowest BCUT2D eigenvalue weighted by atomic mass is 10.1. The van der Waals surface area contributed by atoms with E-state index in [0.717, 1.165) is 0 Å². The van der Waals surface area contributed by atoms with Crippen molar-refractivity contribution in [2.24, 2.45) is 0 Å². The fraction of sp³-hybridized carbons (Fsp3) is 1.00. The third-order valence-electron chi connectivity index (χ3n) is 1.08. The molecule has 0 aliphatic heterocycles. The van der Waals surface area contributed by atoms with Crippen LogP contribution in [0, 0.1) is 0 Å². The van der Waals surface area contributed by atoms with Gasteiger partial charge in [0.1, 0.15) is 0 Å². The number of methoxy groups -OCH3 is 1. The first-order chi connectivity index (χ1) is 4.45. The molecule has 0 aromatic carbocycles. The van der Waals surface area contributed by atoms with Gasteiger partial charge in [-0.3, -0.25) is 0 Å². The van der Waals surface area contributed by atoms with Gasteiger partial charge in [0.25, 0.3) is 0 Å². The average molecular weight is 211 g/mol. The number of rotatable bonds is 4. The van der Waals surface area contributed by atoms with Gasteiger partial charge < -0.3 is 9.84 Å². The molecule has 3 heteroatoms. The van der Waals surface area contributed by atoms with E-state index >= 15 is 0 Å². The topological polar surface area (TPSA) is 29.5 Å². The number of hydrogen-bond acceptors (Lipinski definition) is 2. The Bertz CT molecular complexity index is 88.1. The molecule has 0 saturated carbocycles. The lowest BCUT2D eigenvalue weighted by Gasteiger charge is -2.19. The molecule has 1 N–H and O–H groups in total. The van der Waals surface area contributed by atoms with E-state index in [1.54, 1.807) is 7.11 Å². The van der Waals surface area contributed by atoms with Crippen LogP contribution in [0.2, 0.25) is 0 Å². The number of halogens is 1. The van der Waals surface area contributed by atoms with Crippen LogP contribution < -0.4 is 0 Å². The molecule has 0 heterocycles. The van der Waals surface area contributed by atoms with E-state index in [4.69, 9.17) is 4.74 Å². The molecule has 0 aliphatic rings. The van der Waals surface area contributed by atoms with Crippen LogP contribution in [0.4, 0.5) is 0 Å². The van der Waals surface area contributed by atoms with Crippen molar-refractivity contribution in [3.8, 4) is 0 Å². The van der Waals surface area contributed by atoms with Crippen molar-refractivity contribution in [1.82, 2.24) is 0 Å². The maximum Gasteiger partial charge on any atom is 0.0786 e. The molecule has 0 rings (SSSR count). The predicted octanol–water partition coefficient (Wildman–Crippen LogP) is 1.56. The third-order valence-corrected chi connectivity index (χ3v) is 1.40. The van der Waals surface area contributed by atoms with E-state index in [2.05, 4.69) is 15.9 Å². The number of ether oxygens (including phenoxy) is 1. The SMILES string of the molecule is COCC(O)CC(C)(C)Br. The van der Waals surface area contributed by atoms with Crippen molar-refractivity contribution in [3.05, 3.63) is 0 Å². The predicted molar refractivity (Wildman–Crippen MR) is 45.5 cm³/mol. The minimum absolute atomic E-state index is 0.00491. The van der Waals surface area contributed by atoms with E-state index < -0.39 is 0 Å². The quantitative estimate of drug-likeness (QED) is 0.715. The summed E-state index contributed by atoms with van der Waals surface area (Å²) in [5.74, 6) is 0. The van der Waals surface area contributed by atoms with Crippen LogP contribution >= 0.6 is 15.9 Å². The van der Waals surface area contributed by atoms with Gasteiger partial charge in [-0.1, -0.05) is 15.9 Å². The summed E-state index contributed by atoms with van der Waals surface area (Å²) in [6.45, 7) is 4.45. The summed E-state index contributed by atoms with van der Waals surface area (Å²) >= 11 is 3.43. The maximum atomic E-state index is 9.23. The summed E-state index contributed by atoms with van der Waals surface area (Å²) in [6.07, 6.45) is 0.347. The number of aliphatic hydroxyl groups excluding tert-OH is 1. The van der Waals surface area contributed by atoms with Gasteiger partial charge in [0.15, 0.2) is 0 Å². The van der Waals surface area contributed by atoms with Gasteiger partial charge >= 0.3 is 0 Å². The summed E-state index contributed by atoms with van der Waals surface area (Å²) in [7, 11) is 1.59. The molecule has 0 aromatic rings. The molecule has 2 nitrogen and oxygen atoms in total. The zero-order chi connectivity index (χ0) is 8.20. The summed E-state index contributed by atoms with van der Waals surface area (Å²) in [5.41, 5.74) is 0. The van der Waals surface area contributed by atoms with Gasteiger partial charge in [-0.05, 0) is 20.3 Å². The standard InChI is InChI=1S/C7H15BrO2/c1-7(2,8)4-6(9)5-10-3/h6,9H,4-5H2,1-3H3. The molecule has 0 spiro atoms. The monoisotopic (exact) mass is 210 g/mol. The molecule has 0 bridgehead atoms. The Morgan fingerprint density at radius 3 is 2.40 bits per heavy atom. The van der Waals surface area contributed by atoms with Crippen LogP contribution in [-0.2, 0) is 4.74 Å². The maximum absolute atomic E-state index is 9.23. The minimum atomic E-state index is -0.362. The highest BCUT2D eigenvalue weighted by molar-refractivity contribution is 9.10. The fourth-order valence-corrected chi connectivity index (χ4v) is 1.19. The Balaban J connectivity index is 3.47. The Morgan fingerprint density at radius 1 is 1.60 bits per heavy atom. The van der Waals surface area contributed by atoms with E-state index in [-0.39, 0.29) is 10.4 Å². The van der Waals surface area contributed by atoms with Gasteiger partial charge in [-0.25, -0.2) is 0 Å². The highest BCUT2D eigenvalue weighted by Crippen LogP contribution is 2.22. The molecular formula is C7H15BrO2. The van der Waals surface area contributed by atoms with Gasteiger partial charge in [0.05, 0.1) is 12.7 Å². The van der Waals surface area contributed by atoms with Crippen LogP contribution in [0.5, 0.6) is 0 Å². The molecule has 0 amide bonds. The first-order valence-electron chi connectivity index (χ1n) is 3.31. The molecule has 0 saturated heterocycles. The van der Waals surface area contributed by atoms with Crippen molar-refractivity contribution >= 4 is 15.9 Å². The zero-order valence-electron chi connectivity index (χ0n) is 6.72. The first-order valence-corrected chi connectivity index (χ1v) is 4.11. The van der Waals surface area contributed by atoms with Crippen molar-refractivity contribution < 1.29 is 9.84 Å². The summed E-state index contributed by atoms with van der Waals surface area (Å²) < 4.78 is 4.78. The average Bonchev–Trinajstić information content (AvgIpc) is 1.59. The first kappa shape index (κ1) is 10.4. The molecule has 0 fully saturated rings. The Kier molecular flexibility index (Phi) is 4.49. The molecule has 0 radical (unpaired) electrons. The summed E-state index contributed by atoms with van der Waals surface area (Å²) in [4.78, 5) is 0. The highest BCUT2D eigenvalue weighted by Gasteiger charge is 2.17. The molecule has 0 aromatic heterocycles. The fourth-order valence-electron chi connectivity index (χ4n) is 0.812. The third kappa shape index (κ3) is 6.52. The molecule has 0 aliphatic carbocycles. The second-order valence-electron chi connectivity index (χ2n) is 3.03. The van der Waals surface area contributed by atoms with Crippen LogP contribution in [0.3, 0.4) is 0 Å². The highest BCUT2D eigenvalue weighted by atomic mass is 79.9. The second-order valence-corrected chi connectivity index (χ2v) is 5.18. The Labute approximate surface area is 70.7 Å². The van der Waals surface area contributed by atoms with Gasteiger partial charge in [-0.15, -0.1) is 0 Å². The van der Waals surface area contributed by atoms with Crippen molar-refractivity contribution in [2.75, 3.05) is 13.7 Å². The van der Waals surface area contributed by atoms with Gasteiger partial charge in [0, 0.05) is 11.4 Å². The van der Waals surface area contributed by atoms with Crippen LogP contribution in [-0.4, -0.2) is 29.3 Å². The van der Waals surface area contributed by atoms with Crippen molar-refractivity contribution in [2.45, 2.75) is 30.7 Å². The Morgan fingerprint density at radius 2 is 2.10 bits per heavy atom. The minimum Gasteiger partial charge on any atom is -0.391 e. The molecule has 1 unspecified atom stereocenters. The van der Waals surface area contributed by atoms with Crippen LogP contribution in [0.15, 0.2) is 0 Å². The van der Waals surface area contributed by atoms with E-state index in [0.29, 0.717) is 13.0 Å². The molecular weight excluding hydrogens is 196 g/mol. The summed E-state index contributed by atoms with van der Waals surface area (Å²) in [5, 5.41) is 9.23. The van der Waals surface area contributed by atoms with Gasteiger partial charge in [-0.2, -0.15) is 0 Å². The van der Waals surface area contributed by atoms with E-state index in [1.165, 1.54) is 0 Å². The zero-order valence-corrected chi connectivity index (χ0v) is 8.31. The smallest absolute Gasteiger partial charge is 0.0786 e. The lowest BCUT2D eigenvalue weighted by Crippen LogP contribution is -2.23. The van der Waals surface area contributed by atoms with Crippen LogP contribution in [0.1, 0.15) is 20.3 Å². The number of hydrogen-bond donors (Lipinski definition) is 1. The van der Waals surface area contributed by atoms with Crippen molar-refractivity contribution in [1.29, 1.82) is 0 Å². The van der Waals surface area contributed by atoms with E-state index in [1.807, 2.05) is 13.8 Å². The lowest BCUT2D eigenvalue weighted by molar-refractivity contribution is 0.0550. The van der Waals surface area contributed by atoms with Crippen molar-refractivity contribution in [3.63, 3.8) is 0 Å². The molecule has 1 atom stereocenters. The Hall–Kier alpha value is 0.400. The largest absolute Gasteiger partial charge is 0.391 e. The normalized spacial score (nSPS) is 15.3.